The summed E-state index contributed by atoms with van der Waals surface area (Å²) < 4.78 is 5.15. The zero-order valence-corrected chi connectivity index (χ0v) is 14.5. The van der Waals surface area contributed by atoms with Crippen LogP contribution in [-0.2, 0) is 24.0 Å². The van der Waals surface area contributed by atoms with Crippen molar-refractivity contribution < 1.29 is 39.3 Å². The van der Waals surface area contributed by atoms with Gasteiger partial charge in [0.2, 0.25) is 18.1 Å². The molecule has 1 fully saturated rings. The number of aliphatic hydroxyl groups excluding tert-OH is 3. The van der Waals surface area contributed by atoms with Crippen LogP contribution in [0.15, 0.2) is 0 Å². The number of amides is 3. The van der Waals surface area contributed by atoms with Crippen molar-refractivity contribution in [1.82, 2.24) is 10.8 Å². The summed E-state index contributed by atoms with van der Waals surface area (Å²) in [4.78, 5) is 39.7. The van der Waals surface area contributed by atoms with Gasteiger partial charge in [0.1, 0.15) is 24.4 Å². The molecule has 12 nitrogen and oxygen atoms in total. The minimum Gasteiger partial charge on any atom is -0.388 e. The Morgan fingerprint density at radius 3 is 2.31 bits per heavy atom. The summed E-state index contributed by atoms with van der Waals surface area (Å²) in [7, 11) is 0. The van der Waals surface area contributed by atoms with Crippen LogP contribution in [0.25, 0.3) is 0 Å². The van der Waals surface area contributed by atoms with Gasteiger partial charge < -0.3 is 36.8 Å². The highest BCUT2D eigenvalue weighted by molar-refractivity contribution is 5.89. The number of rotatable bonds is 8. The summed E-state index contributed by atoms with van der Waals surface area (Å²) in [6.45, 7) is 2.85. The number of nitrogens with one attached hydrogen (secondary N) is 2. The molecule has 1 heterocycles. The van der Waals surface area contributed by atoms with Crippen molar-refractivity contribution in [3.63, 3.8) is 0 Å². The van der Waals surface area contributed by atoms with Crippen LogP contribution in [0.1, 0.15) is 26.7 Å². The molecule has 26 heavy (non-hydrogen) atoms. The summed E-state index contributed by atoms with van der Waals surface area (Å²) in [6, 6.07) is -2.06. The van der Waals surface area contributed by atoms with E-state index in [0.29, 0.717) is 0 Å². The molecule has 150 valence electrons. The summed E-state index contributed by atoms with van der Waals surface area (Å²) in [6.07, 6.45) is -7.08. The van der Waals surface area contributed by atoms with E-state index in [2.05, 4.69) is 5.32 Å². The zero-order chi connectivity index (χ0) is 20.0. The maximum atomic E-state index is 12.2. The van der Waals surface area contributed by atoms with Gasteiger partial charge in [0.15, 0.2) is 0 Å². The molecule has 12 heteroatoms. The maximum absolute atomic E-state index is 12.2. The first-order chi connectivity index (χ1) is 12.0. The van der Waals surface area contributed by atoms with Crippen LogP contribution < -0.4 is 22.3 Å². The number of hydrogen-bond donors (Lipinski definition) is 7. The van der Waals surface area contributed by atoms with E-state index < -0.39 is 60.5 Å². The standard InChI is InChI=1S/C14H26N4O8/c1-5(15)12(23)17-7(3-4-8(16)19)13(24)18-26-14-11(22)10(21)9(20)6(2)25-14/h5-7,9-11,14,20-22H,3-4,15H2,1-2H3,(H2,16,19)(H,17,23)(H,18,24)/t5-,6?,7+,9?,10?,11?,14?/m1/s1. The Bertz CT molecular complexity index is 517. The summed E-state index contributed by atoms with van der Waals surface area (Å²) in [5.41, 5.74) is 12.4. The zero-order valence-electron chi connectivity index (χ0n) is 14.5. The number of aliphatic hydroxyl groups is 3. The van der Waals surface area contributed by atoms with Crippen molar-refractivity contribution in [1.29, 1.82) is 0 Å². The average Bonchev–Trinajstić information content (AvgIpc) is 2.57. The number of ether oxygens (including phenoxy) is 1. The number of nitrogens with two attached hydrogens (primary N) is 2. The highest BCUT2D eigenvalue weighted by Crippen LogP contribution is 2.21. The van der Waals surface area contributed by atoms with Crippen molar-refractivity contribution >= 4 is 17.7 Å². The van der Waals surface area contributed by atoms with Crippen LogP contribution in [0.4, 0.5) is 0 Å². The minimum absolute atomic E-state index is 0.102. The SMILES string of the molecule is CC1OC(ONC(=O)[C@H](CCC(N)=O)NC(=O)[C@@H](C)N)C(O)C(O)C1O. The molecule has 0 spiro atoms. The third-order valence-corrected chi connectivity index (χ3v) is 3.81. The first-order valence-electron chi connectivity index (χ1n) is 8.04. The van der Waals surface area contributed by atoms with Gasteiger partial charge in [0, 0.05) is 6.42 Å². The van der Waals surface area contributed by atoms with E-state index in [9.17, 15) is 29.7 Å². The van der Waals surface area contributed by atoms with Crippen LogP contribution in [-0.4, -0.2) is 75.8 Å². The predicted molar refractivity (Wildman–Crippen MR) is 85.6 cm³/mol. The molecule has 0 aromatic heterocycles. The second-order valence-corrected chi connectivity index (χ2v) is 6.12. The smallest absolute Gasteiger partial charge is 0.266 e. The molecule has 1 rings (SSSR count). The van der Waals surface area contributed by atoms with E-state index in [0.717, 1.165) is 0 Å². The second kappa shape index (κ2) is 9.75. The highest BCUT2D eigenvalue weighted by atomic mass is 16.8. The molecule has 0 aliphatic carbocycles. The fourth-order valence-corrected chi connectivity index (χ4v) is 2.16. The normalized spacial score (nSPS) is 30.9. The molecule has 1 saturated heterocycles. The molecule has 0 aromatic carbocycles. The summed E-state index contributed by atoms with van der Waals surface area (Å²) in [5.74, 6) is -2.14. The number of hydroxylamine groups is 1. The topological polar surface area (TPSA) is 206 Å². The van der Waals surface area contributed by atoms with Crippen LogP contribution in [0.5, 0.6) is 0 Å². The molecule has 9 N–H and O–H groups in total. The van der Waals surface area contributed by atoms with Crippen LogP contribution in [0.2, 0.25) is 0 Å². The molecular formula is C14H26N4O8. The number of primary amides is 1. The van der Waals surface area contributed by atoms with Gasteiger partial charge in [-0.15, -0.1) is 0 Å². The third-order valence-electron chi connectivity index (χ3n) is 3.81. The Kier molecular flexibility index (Phi) is 8.33. The number of carbonyl (C=O) groups excluding carboxylic acids is 3. The lowest BCUT2D eigenvalue weighted by Gasteiger charge is -2.38. The number of carbonyl (C=O) groups is 3. The molecule has 0 aromatic rings. The van der Waals surface area contributed by atoms with Gasteiger partial charge >= 0.3 is 0 Å². The Balaban J connectivity index is 2.67. The Hall–Kier alpha value is -1.83. The van der Waals surface area contributed by atoms with Gasteiger partial charge in [-0.05, 0) is 20.3 Å². The fourth-order valence-electron chi connectivity index (χ4n) is 2.16. The lowest BCUT2D eigenvalue weighted by Crippen LogP contribution is -2.59. The first-order valence-corrected chi connectivity index (χ1v) is 8.04. The van der Waals surface area contributed by atoms with E-state index in [1.165, 1.54) is 13.8 Å². The molecule has 0 radical (unpaired) electrons. The molecule has 5 unspecified atom stereocenters. The van der Waals surface area contributed by atoms with Crippen LogP contribution in [0.3, 0.4) is 0 Å². The highest BCUT2D eigenvalue weighted by Gasteiger charge is 2.43. The fraction of sp³-hybridized carbons (Fsp3) is 0.786. The molecule has 1 aliphatic rings. The van der Waals surface area contributed by atoms with Crippen molar-refractivity contribution in [3.05, 3.63) is 0 Å². The van der Waals surface area contributed by atoms with Gasteiger partial charge in [-0.3, -0.25) is 14.4 Å². The second-order valence-electron chi connectivity index (χ2n) is 6.12. The van der Waals surface area contributed by atoms with E-state index in [-0.39, 0.29) is 12.8 Å². The summed E-state index contributed by atoms with van der Waals surface area (Å²) in [5, 5.41) is 31.4. The Labute approximate surface area is 149 Å². The maximum Gasteiger partial charge on any atom is 0.266 e. The molecule has 1 aliphatic heterocycles. The van der Waals surface area contributed by atoms with E-state index in [4.69, 9.17) is 21.0 Å². The van der Waals surface area contributed by atoms with Crippen molar-refractivity contribution in [2.24, 2.45) is 11.5 Å². The molecule has 7 atom stereocenters. The van der Waals surface area contributed by atoms with Crippen LogP contribution >= 0.6 is 0 Å². The largest absolute Gasteiger partial charge is 0.388 e. The molecular weight excluding hydrogens is 352 g/mol. The van der Waals surface area contributed by atoms with Crippen molar-refractivity contribution in [3.8, 4) is 0 Å². The van der Waals surface area contributed by atoms with Gasteiger partial charge in [-0.2, -0.15) is 0 Å². The van der Waals surface area contributed by atoms with Crippen molar-refractivity contribution in [2.75, 3.05) is 0 Å². The lowest BCUT2D eigenvalue weighted by molar-refractivity contribution is -0.306. The summed E-state index contributed by atoms with van der Waals surface area (Å²) >= 11 is 0. The lowest BCUT2D eigenvalue weighted by atomic mass is 10.0. The first kappa shape index (κ1) is 22.2. The van der Waals surface area contributed by atoms with Gasteiger partial charge in [0.05, 0.1) is 12.1 Å². The van der Waals surface area contributed by atoms with Gasteiger partial charge in [-0.25, -0.2) is 10.3 Å². The quantitative estimate of drug-likeness (QED) is 0.205. The molecule has 3 amide bonds. The monoisotopic (exact) mass is 378 g/mol. The molecule has 0 saturated carbocycles. The van der Waals surface area contributed by atoms with Crippen LogP contribution in [0, 0.1) is 0 Å². The minimum atomic E-state index is -1.62. The van der Waals surface area contributed by atoms with E-state index in [1.54, 1.807) is 0 Å². The average molecular weight is 378 g/mol. The molecule has 0 bridgehead atoms. The Morgan fingerprint density at radius 2 is 1.77 bits per heavy atom. The third kappa shape index (κ3) is 6.16. The van der Waals surface area contributed by atoms with Gasteiger partial charge in [-0.1, -0.05) is 0 Å². The van der Waals surface area contributed by atoms with E-state index >= 15 is 0 Å². The van der Waals surface area contributed by atoms with Crippen molar-refractivity contribution in [2.45, 2.75) is 69.5 Å². The number of hydrogen-bond acceptors (Lipinski definition) is 9. The predicted octanol–water partition coefficient (Wildman–Crippen LogP) is -4.04. The van der Waals surface area contributed by atoms with E-state index in [1.807, 2.05) is 5.48 Å². The Morgan fingerprint density at radius 1 is 1.15 bits per heavy atom. The van der Waals surface area contributed by atoms with Gasteiger partial charge in [0.25, 0.3) is 5.91 Å².